The van der Waals surface area contributed by atoms with Crippen LogP contribution in [0.5, 0.6) is 0 Å². The van der Waals surface area contributed by atoms with E-state index in [1.165, 1.54) is 0 Å². The molecule has 10 heavy (non-hydrogen) atoms. The molecule has 54 valence electrons. The van der Waals surface area contributed by atoms with Crippen LogP contribution in [-0.2, 0) is 4.79 Å². The normalized spacial score (nSPS) is 20.9. The number of Topliss-reactive ketones (excluding diaryl/α,β-unsaturated/α-hetero) is 1. The van der Waals surface area contributed by atoms with Crippen LogP contribution in [0.4, 0.5) is 0 Å². The van der Waals surface area contributed by atoms with Crippen LogP contribution in [0.2, 0.25) is 0 Å². The summed E-state index contributed by atoms with van der Waals surface area (Å²) >= 11 is 0. The number of carbonyl (C=O) groups excluding carboxylic acids is 1. The number of ketones is 1. The number of hydrogen-bond acceptors (Lipinski definition) is 2. The minimum Gasteiger partial charge on any atom is -0.295 e. The monoisotopic (exact) mass is 137 g/mol. The molecule has 1 rings (SSSR count). The second-order valence-corrected chi connectivity index (χ2v) is 3.10. The molecule has 1 aliphatic rings. The van der Waals surface area contributed by atoms with Crippen LogP contribution in [0.3, 0.4) is 0 Å². The Morgan fingerprint density at radius 1 is 1.60 bits per heavy atom. The lowest BCUT2D eigenvalue weighted by molar-refractivity contribution is -0.114. The van der Waals surface area contributed by atoms with Crippen LogP contribution in [0, 0.1) is 5.41 Å². The highest BCUT2D eigenvalue weighted by Gasteiger charge is 2.27. The van der Waals surface area contributed by atoms with Gasteiger partial charge < -0.3 is 0 Å². The molecule has 0 N–H and O–H groups in total. The SMILES string of the molecule is CC(=O)C1=CN=CC1(C)C. The summed E-state index contributed by atoms with van der Waals surface area (Å²) in [6.07, 6.45) is 3.44. The van der Waals surface area contributed by atoms with Gasteiger partial charge in [0.25, 0.3) is 0 Å². The number of nitrogens with zero attached hydrogens (tertiary/aromatic N) is 1. The second kappa shape index (κ2) is 2.04. The largest absolute Gasteiger partial charge is 0.295 e. The summed E-state index contributed by atoms with van der Waals surface area (Å²) in [6, 6.07) is 0. The van der Waals surface area contributed by atoms with Crippen molar-refractivity contribution in [2.45, 2.75) is 20.8 Å². The van der Waals surface area contributed by atoms with Crippen molar-refractivity contribution in [3.05, 3.63) is 11.8 Å². The minimum absolute atomic E-state index is 0.113. The van der Waals surface area contributed by atoms with Crippen LogP contribution in [0.15, 0.2) is 16.8 Å². The Bertz CT molecular complexity index is 223. The van der Waals surface area contributed by atoms with E-state index >= 15 is 0 Å². The molecular formula is C8H11NO. The van der Waals surface area contributed by atoms with Gasteiger partial charge in [-0.1, -0.05) is 13.8 Å². The van der Waals surface area contributed by atoms with E-state index in [4.69, 9.17) is 0 Å². The molecule has 0 saturated carbocycles. The van der Waals surface area contributed by atoms with Crippen molar-refractivity contribution in [1.82, 2.24) is 0 Å². The van der Waals surface area contributed by atoms with Crippen molar-refractivity contribution < 1.29 is 4.79 Å². The maximum absolute atomic E-state index is 10.9. The van der Waals surface area contributed by atoms with Crippen LogP contribution in [0.1, 0.15) is 20.8 Å². The van der Waals surface area contributed by atoms with Gasteiger partial charge in [0.1, 0.15) is 0 Å². The predicted molar refractivity (Wildman–Crippen MR) is 41.0 cm³/mol. The van der Waals surface area contributed by atoms with E-state index in [1.807, 2.05) is 13.8 Å². The van der Waals surface area contributed by atoms with Crippen LogP contribution < -0.4 is 0 Å². The molecule has 0 radical (unpaired) electrons. The zero-order valence-corrected chi connectivity index (χ0v) is 6.51. The quantitative estimate of drug-likeness (QED) is 0.539. The third-order valence-electron chi connectivity index (χ3n) is 1.67. The molecule has 0 amide bonds. The summed E-state index contributed by atoms with van der Waals surface area (Å²) < 4.78 is 0. The van der Waals surface area contributed by atoms with Gasteiger partial charge in [0.2, 0.25) is 0 Å². The average Bonchev–Trinajstić information content (AvgIpc) is 2.08. The first-order chi connectivity index (χ1) is 4.54. The summed E-state index contributed by atoms with van der Waals surface area (Å²) in [5, 5.41) is 0. The van der Waals surface area contributed by atoms with Gasteiger partial charge >= 0.3 is 0 Å². The summed E-state index contributed by atoms with van der Waals surface area (Å²) in [5.41, 5.74) is 0.652. The molecule has 0 atom stereocenters. The molecule has 0 aromatic carbocycles. The topological polar surface area (TPSA) is 29.4 Å². The average molecular weight is 137 g/mol. The summed E-state index contributed by atoms with van der Waals surface area (Å²) in [7, 11) is 0. The highest BCUT2D eigenvalue weighted by molar-refractivity contribution is 6.00. The van der Waals surface area contributed by atoms with Crippen LogP contribution >= 0.6 is 0 Å². The first kappa shape index (κ1) is 7.19. The van der Waals surface area contributed by atoms with Crippen molar-refractivity contribution in [1.29, 1.82) is 0 Å². The lowest BCUT2D eigenvalue weighted by atomic mass is 9.85. The van der Waals surface area contributed by atoms with Gasteiger partial charge in [-0.25, -0.2) is 0 Å². The van der Waals surface area contributed by atoms with Gasteiger partial charge in [-0.3, -0.25) is 9.79 Å². The summed E-state index contributed by atoms with van der Waals surface area (Å²) in [5.74, 6) is 0.113. The molecule has 0 aromatic heterocycles. The van der Waals surface area contributed by atoms with Crippen molar-refractivity contribution >= 4 is 12.0 Å². The fourth-order valence-electron chi connectivity index (χ4n) is 1.08. The Kier molecular flexibility index (Phi) is 1.47. The Labute approximate surface area is 60.7 Å². The summed E-state index contributed by atoms with van der Waals surface area (Å²) in [6.45, 7) is 5.54. The van der Waals surface area contributed by atoms with Gasteiger partial charge in [0.15, 0.2) is 5.78 Å². The highest BCUT2D eigenvalue weighted by atomic mass is 16.1. The maximum atomic E-state index is 10.9. The standard InChI is InChI=1S/C8H11NO/c1-6(10)7-4-9-5-8(7,2)3/h4-5H,1-3H3. The Hall–Kier alpha value is -0.920. The molecule has 0 unspecified atom stereocenters. The first-order valence-electron chi connectivity index (χ1n) is 3.30. The molecular weight excluding hydrogens is 126 g/mol. The van der Waals surface area contributed by atoms with Gasteiger partial charge in [-0.2, -0.15) is 0 Å². The predicted octanol–water partition coefficient (Wildman–Crippen LogP) is 1.57. The molecule has 2 nitrogen and oxygen atoms in total. The lowest BCUT2D eigenvalue weighted by Crippen LogP contribution is -2.17. The number of allylic oxidation sites excluding steroid dienone is 1. The highest BCUT2D eigenvalue weighted by Crippen LogP contribution is 2.28. The van der Waals surface area contributed by atoms with Crippen molar-refractivity contribution in [2.75, 3.05) is 0 Å². The van der Waals surface area contributed by atoms with E-state index in [0.29, 0.717) is 0 Å². The van der Waals surface area contributed by atoms with E-state index in [2.05, 4.69) is 4.99 Å². The Morgan fingerprint density at radius 2 is 2.20 bits per heavy atom. The smallest absolute Gasteiger partial charge is 0.158 e. The van der Waals surface area contributed by atoms with Crippen LogP contribution in [0.25, 0.3) is 0 Å². The first-order valence-corrected chi connectivity index (χ1v) is 3.30. The van der Waals surface area contributed by atoms with Crippen molar-refractivity contribution in [3.8, 4) is 0 Å². The number of aliphatic imine (C=N–C) groups is 1. The maximum Gasteiger partial charge on any atom is 0.158 e. The Balaban J connectivity index is 2.93. The van der Waals surface area contributed by atoms with Crippen molar-refractivity contribution in [3.63, 3.8) is 0 Å². The molecule has 0 aliphatic carbocycles. The van der Waals surface area contributed by atoms with Crippen LogP contribution in [-0.4, -0.2) is 12.0 Å². The molecule has 1 aliphatic heterocycles. The van der Waals surface area contributed by atoms with E-state index in [-0.39, 0.29) is 11.2 Å². The molecule has 0 aromatic rings. The zero-order valence-electron chi connectivity index (χ0n) is 6.51. The number of rotatable bonds is 1. The zero-order chi connectivity index (χ0) is 7.78. The van der Waals surface area contributed by atoms with Gasteiger partial charge in [-0.05, 0) is 6.92 Å². The molecule has 0 saturated heterocycles. The Morgan fingerprint density at radius 3 is 2.40 bits per heavy atom. The van der Waals surface area contributed by atoms with Gasteiger partial charge in [-0.15, -0.1) is 0 Å². The lowest BCUT2D eigenvalue weighted by Gasteiger charge is -2.15. The third kappa shape index (κ3) is 1.01. The van der Waals surface area contributed by atoms with E-state index in [9.17, 15) is 4.79 Å². The van der Waals surface area contributed by atoms with E-state index in [0.717, 1.165) is 5.57 Å². The molecule has 0 fully saturated rings. The fourth-order valence-corrected chi connectivity index (χ4v) is 1.08. The summed E-state index contributed by atoms with van der Waals surface area (Å²) in [4.78, 5) is 14.8. The molecule has 1 heterocycles. The van der Waals surface area contributed by atoms with E-state index < -0.39 is 0 Å². The third-order valence-corrected chi connectivity index (χ3v) is 1.67. The minimum atomic E-state index is -0.147. The number of hydrogen-bond donors (Lipinski definition) is 0. The number of carbonyl (C=O) groups is 1. The molecule has 2 heteroatoms. The second-order valence-electron chi connectivity index (χ2n) is 3.10. The van der Waals surface area contributed by atoms with Gasteiger partial charge in [0, 0.05) is 23.4 Å². The van der Waals surface area contributed by atoms with Gasteiger partial charge in [0.05, 0.1) is 0 Å². The van der Waals surface area contributed by atoms with Crippen molar-refractivity contribution in [2.24, 2.45) is 10.4 Å². The molecule has 0 bridgehead atoms. The fraction of sp³-hybridized carbons (Fsp3) is 0.500. The van der Waals surface area contributed by atoms with E-state index in [1.54, 1.807) is 19.3 Å². The molecule has 0 spiro atoms.